The van der Waals surface area contributed by atoms with E-state index in [-0.39, 0.29) is 63.4 Å². The van der Waals surface area contributed by atoms with Crippen LogP contribution in [0.4, 0.5) is 0 Å². The molecule has 0 unspecified atom stereocenters. The molecule has 1 aliphatic rings. The summed E-state index contributed by atoms with van der Waals surface area (Å²) in [5, 5.41) is 24.5. The second-order valence-corrected chi connectivity index (χ2v) is 13.1. The molecule has 52 heavy (non-hydrogen) atoms. The maximum absolute atomic E-state index is 14.1. The molecule has 0 spiro atoms. The molecule has 0 aromatic heterocycles. The van der Waals surface area contributed by atoms with Gasteiger partial charge in [0.1, 0.15) is 23.9 Å². The predicted octanol–water partition coefficient (Wildman–Crippen LogP) is -1.89. The molecule has 0 saturated carbocycles. The zero-order valence-corrected chi connectivity index (χ0v) is 29.7. The first-order valence-corrected chi connectivity index (χ1v) is 17.9. The monoisotopic (exact) mass is 724 g/mol. The van der Waals surface area contributed by atoms with Crippen molar-refractivity contribution in [3.63, 3.8) is 0 Å². The van der Waals surface area contributed by atoms with Gasteiger partial charge in [0, 0.05) is 38.4 Å². The van der Waals surface area contributed by atoms with Gasteiger partial charge >= 0.3 is 0 Å². The molecule has 0 fully saturated rings. The van der Waals surface area contributed by atoms with E-state index >= 15 is 0 Å². The van der Waals surface area contributed by atoms with Crippen molar-refractivity contribution in [2.24, 2.45) is 28.7 Å². The van der Waals surface area contributed by atoms with E-state index in [0.717, 1.165) is 11.1 Å². The molecule has 5 atom stereocenters. The number of hydrogen-bond acceptors (Lipinski definition) is 11. The van der Waals surface area contributed by atoms with Crippen molar-refractivity contribution in [3.05, 3.63) is 53.6 Å². The fourth-order valence-electron chi connectivity index (χ4n) is 5.98. The van der Waals surface area contributed by atoms with Gasteiger partial charge in [-0.05, 0) is 92.5 Å². The Labute approximate surface area is 304 Å². The third-order valence-corrected chi connectivity index (χ3v) is 8.85. The number of carbonyl (C=O) groups excluding carboxylic acids is 5. The molecular weight excluding hydrogens is 668 g/mol. The first kappa shape index (κ1) is 41.8. The number of phenolic OH excluding ortho intramolecular Hbond substituents is 1. The molecule has 16 heteroatoms. The molecule has 3 rings (SSSR count). The first-order valence-electron chi connectivity index (χ1n) is 17.9. The fraction of sp³-hybridized carbons (Fsp3) is 0.528. The number of nitrogens with two attached hydrogens (primary N) is 5. The van der Waals surface area contributed by atoms with Crippen molar-refractivity contribution in [1.82, 2.24) is 26.6 Å². The highest BCUT2D eigenvalue weighted by Gasteiger charge is 2.32. The molecule has 5 amide bonds. The molecule has 16 N–H and O–H groups in total. The number of aromatic hydroxyl groups is 1. The summed E-state index contributed by atoms with van der Waals surface area (Å²) < 4.78 is 0. The average Bonchev–Trinajstić information content (AvgIpc) is 3.13. The quantitative estimate of drug-likeness (QED) is 0.0857. The van der Waals surface area contributed by atoms with Crippen LogP contribution in [0, 0.1) is 0 Å². The van der Waals surface area contributed by atoms with Gasteiger partial charge in [-0.1, -0.05) is 30.3 Å². The van der Waals surface area contributed by atoms with E-state index in [2.05, 4.69) is 26.6 Å². The molecule has 1 aliphatic heterocycles. The van der Waals surface area contributed by atoms with Gasteiger partial charge in [-0.3, -0.25) is 24.0 Å². The molecule has 2 aromatic carbocycles. The maximum Gasteiger partial charge on any atom is 0.243 e. The molecule has 1 heterocycles. The second-order valence-electron chi connectivity index (χ2n) is 13.1. The van der Waals surface area contributed by atoms with Crippen LogP contribution in [0.15, 0.2) is 42.5 Å². The Bertz CT molecular complexity index is 1510. The number of amides is 5. The zero-order chi connectivity index (χ0) is 38.0. The van der Waals surface area contributed by atoms with Crippen molar-refractivity contribution in [2.45, 2.75) is 88.0 Å². The predicted molar refractivity (Wildman–Crippen MR) is 198 cm³/mol. The SMILES string of the molecule is NCCC[C@@H](CC(=O)NCCN)NC(=O)[C@H](CCCN)NC(=O)[C@@H]1Cc2cccc(c2)-c2ccc(O)c(c2)C[C@H](N)C(=O)N[C@@H](CCCN)C(=O)N1. The minimum absolute atomic E-state index is 0.000405. The normalized spacial score (nSPS) is 18.8. The zero-order valence-electron chi connectivity index (χ0n) is 29.7. The summed E-state index contributed by atoms with van der Waals surface area (Å²) in [7, 11) is 0. The summed E-state index contributed by atoms with van der Waals surface area (Å²) >= 11 is 0. The van der Waals surface area contributed by atoms with Crippen LogP contribution in [0.25, 0.3) is 11.1 Å². The number of hydrogen-bond donors (Lipinski definition) is 11. The average molecular weight is 725 g/mol. The number of benzene rings is 2. The minimum atomic E-state index is -1.17. The van der Waals surface area contributed by atoms with Crippen LogP contribution in [-0.4, -0.2) is 97.6 Å². The van der Waals surface area contributed by atoms with Gasteiger partial charge in [0.05, 0.1) is 6.04 Å². The topological polar surface area (TPSA) is 296 Å². The fourth-order valence-corrected chi connectivity index (χ4v) is 5.98. The Balaban J connectivity index is 1.96. The van der Waals surface area contributed by atoms with E-state index in [1.807, 2.05) is 24.3 Å². The highest BCUT2D eigenvalue weighted by molar-refractivity contribution is 5.95. The lowest BCUT2D eigenvalue weighted by Crippen LogP contribution is -2.59. The molecule has 4 bridgehead atoms. The Morgan fingerprint density at radius 3 is 2.25 bits per heavy atom. The van der Waals surface area contributed by atoms with Gasteiger partial charge < -0.3 is 60.4 Å². The number of nitrogens with one attached hydrogen (secondary N) is 5. The molecule has 286 valence electrons. The van der Waals surface area contributed by atoms with Crippen LogP contribution < -0.4 is 55.3 Å². The van der Waals surface area contributed by atoms with Crippen molar-refractivity contribution >= 4 is 29.5 Å². The standard InChI is InChI=1S/C36H56N10O6/c37-12-2-7-26(21-32(48)42-16-15-40)43-34(50)28(8-3-13-38)45-36(52)30-18-22-5-1-6-23(17-22)24-10-11-31(47)25(19-24)20-27(41)33(49)44-29(9-4-14-39)35(51)46-30/h1,5-6,10-11,17,19,26-30,47H,2-4,7-9,12-16,18,20-21,37-41H2,(H,42,48)(H,43,50)(H,44,49)(H,45,52)(H,46,51)/t26-,27-,28-,29-,30-/m0/s1. The van der Waals surface area contributed by atoms with E-state index in [1.54, 1.807) is 12.1 Å². The van der Waals surface area contributed by atoms with Crippen LogP contribution in [0.5, 0.6) is 5.75 Å². The smallest absolute Gasteiger partial charge is 0.243 e. The van der Waals surface area contributed by atoms with Crippen LogP contribution in [0.1, 0.15) is 56.1 Å². The Kier molecular flexibility index (Phi) is 17.4. The minimum Gasteiger partial charge on any atom is -0.508 e. The molecule has 0 saturated heterocycles. The summed E-state index contributed by atoms with van der Waals surface area (Å²) in [6.45, 7) is 1.43. The highest BCUT2D eigenvalue weighted by Crippen LogP contribution is 2.28. The summed E-state index contributed by atoms with van der Waals surface area (Å²) in [6.07, 6.45) is 2.22. The van der Waals surface area contributed by atoms with Crippen molar-refractivity contribution < 1.29 is 29.1 Å². The highest BCUT2D eigenvalue weighted by atomic mass is 16.3. The number of rotatable bonds is 17. The third-order valence-electron chi connectivity index (χ3n) is 8.85. The van der Waals surface area contributed by atoms with Gasteiger partial charge in [0.25, 0.3) is 0 Å². The summed E-state index contributed by atoms with van der Waals surface area (Å²) in [4.78, 5) is 67.3. The molecule has 0 radical (unpaired) electrons. The van der Waals surface area contributed by atoms with Crippen LogP contribution in [-0.2, 0) is 36.8 Å². The van der Waals surface area contributed by atoms with Crippen LogP contribution in [0.3, 0.4) is 0 Å². The molecule has 16 nitrogen and oxygen atoms in total. The molecular formula is C36H56N10O6. The van der Waals surface area contributed by atoms with Crippen LogP contribution in [0.2, 0.25) is 0 Å². The number of fused-ring (bicyclic) bond motifs is 5. The summed E-state index contributed by atoms with van der Waals surface area (Å²) in [5.74, 6) is -2.68. The maximum atomic E-state index is 14.1. The van der Waals surface area contributed by atoms with Gasteiger partial charge in [-0.15, -0.1) is 0 Å². The Morgan fingerprint density at radius 2 is 1.54 bits per heavy atom. The molecule has 2 aromatic rings. The van der Waals surface area contributed by atoms with Crippen molar-refractivity contribution in [3.8, 4) is 16.9 Å². The first-order chi connectivity index (χ1) is 25.0. The number of carbonyl (C=O) groups is 5. The van der Waals surface area contributed by atoms with Gasteiger partial charge in [0.15, 0.2) is 0 Å². The second kappa shape index (κ2) is 21.7. The van der Waals surface area contributed by atoms with E-state index in [1.165, 1.54) is 6.07 Å². The van der Waals surface area contributed by atoms with Gasteiger partial charge in [-0.2, -0.15) is 0 Å². The summed E-state index contributed by atoms with van der Waals surface area (Å²) in [6, 6.07) is 7.47. The molecule has 0 aliphatic carbocycles. The lowest BCUT2D eigenvalue weighted by molar-refractivity contribution is -0.134. The lowest BCUT2D eigenvalue weighted by Gasteiger charge is -2.27. The largest absolute Gasteiger partial charge is 0.508 e. The lowest BCUT2D eigenvalue weighted by atomic mass is 9.96. The van der Waals surface area contributed by atoms with Gasteiger partial charge in [0.2, 0.25) is 29.5 Å². The van der Waals surface area contributed by atoms with Crippen LogP contribution >= 0.6 is 0 Å². The Hall–Kier alpha value is -4.61. The van der Waals surface area contributed by atoms with E-state index in [4.69, 9.17) is 28.7 Å². The third kappa shape index (κ3) is 13.2. The van der Waals surface area contributed by atoms with E-state index < -0.39 is 53.8 Å². The summed E-state index contributed by atoms with van der Waals surface area (Å²) in [5.41, 5.74) is 31.7. The Morgan fingerprint density at radius 1 is 0.827 bits per heavy atom. The van der Waals surface area contributed by atoms with E-state index in [9.17, 15) is 29.1 Å². The van der Waals surface area contributed by atoms with Crippen molar-refractivity contribution in [2.75, 3.05) is 32.7 Å². The van der Waals surface area contributed by atoms with E-state index in [0.29, 0.717) is 49.9 Å². The van der Waals surface area contributed by atoms with Gasteiger partial charge in [-0.25, -0.2) is 0 Å². The van der Waals surface area contributed by atoms with Crippen molar-refractivity contribution in [1.29, 1.82) is 0 Å². The number of phenols is 1.